The van der Waals surface area contributed by atoms with E-state index < -0.39 is 15.7 Å². The van der Waals surface area contributed by atoms with Crippen LogP contribution in [0.5, 0.6) is 0 Å². The van der Waals surface area contributed by atoms with Crippen molar-refractivity contribution in [2.75, 3.05) is 6.26 Å². The van der Waals surface area contributed by atoms with Gasteiger partial charge in [-0.3, -0.25) is 0 Å². The summed E-state index contributed by atoms with van der Waals surface area (Å²) in [7, 11) is -3.18. The fourth-order valence-electron chi connectivity index (χ4n) is 3.37. The zero-order valence-corrected chi connectivity index (χ0v) is 16.2. The van der Waals surface area contributed by atoms with E-state index in [0.29, 0.717) is 18.4 Å². The quantitative estimate of drug-likeness (QED) is 0.632. The number of hydrogen-bond donors (Lipinski definition) is 1. The molecule has 1 N–H and O–H groups in total. The molecule has 0 fully saturated rings. The Kier molecular flexibility index (Phi) is 5.54. The molecule has 3 rings (SSSR count). The monoisotopic (exact) mass is 404 g/mol. The van der Waals surface area contributed by atoms with E-state index in [2.05, 4.69) is 11.1 Å². The Bertz CT molecular complexity index is 1130. The van der Waals surface area contributed by atoms with Gasteiger partial charge in [0.15, 0.2) is 9.84 Å². The van der Waals surface area contributed by atoms with Gasteiger partial charge in [0, 0.05) is 35.7 Å². The number of aromatic amines is 1. The second-order valence-corrected chi connectivity index (χ2v) is 9.12. The first-order valence-electron chi connectivity index (χ1n) is 8.38. The van der Waals surface area contributed by atoms with Gasteiger partial charge < -0.3 is 4.98 Å². The third kappa shape index (κ3) is 4.32. The van der Waals surface area contributed by atoms with Crippen molar-refractivity contribution in [2.45, 2.75) is 24.5 Å². The van der Waals surface area contributed by atoms with Crippen molar-refractivity contribution in [2.24, 2.45) is 0 Å². The molecule has 4 nitrogen and oxygen atoms in total. The van der Waals surface area contributed by atoms with E-state index in [-0.39, 0.29) is 16.7 Å². The lowest BCUT2D eigenvalue weighted by atomic mass is 9.87. The number of nitriles is 1. The Morgan fingerprint density at radius 2 is 2.07 bits per heavy atom. The summed E-state index contributed by atoms with van der Waals surface area (Å²) in [5.74, 6) is -0.782. The Morgan fingerprint density at radius 1 is 1.30 bits per heavy atom. The van der Waals surface area contributed by atoms with Gasteiger partial charge in [-0.25, -0.2) is 12.8 Å². The maximum Gasteiger partial charge on any atom is 0.151 e. The van der Waals surface area contributed by atoms with Crippen LogP contribution in [0.15, 0.2) is 42.6 Å². The number of para-hydroxylation sites is 1. The molecule has 1 unspecified atom stereocenters. The highest BCUT2D eigenvalue weighted by molar-refractivity contribution is 7.89. The molecular formula is C20H18ClFN2O2S. The minimum atomic E-state index is -3.18. The van der Waals surface area contributed by atoms with Crippen LogP contribution >= 0.6 is 11.6 Å². The van der Waals surface area contributed by atoms with Gasteiger partial charge in [-0.05, 0) is 35.2 Å². The number of rotatable bonds is 6. The highest BCUT2D eigenvalue weighted by Gasteiger charge is 2.20. The zero-order valence-electron chi connectivity index (χ0n) is 14.7. The van der Waals surface area contributed by atoms with Gasteiger partial charge in [0.2, 0.25) is 0 Å². The summed E-state index contributed by atoms with van der Waals surface area (Å²) in [6.45, 7) is 0. The molecule has 1 heterocycles. The van der Waals surface area contributed by atoms with Crippen LogP contribution in [0.2, 0.25) is 5.02 Å². The van der Waals surface area contributed by atoms with E-state index in [1.165, 1.54) is 18.4 Å². The largest absolute Gasteiger partial charge is 0.361 e. The first kappa shape index (κ1) is 19.4. The number of H-pyrrole nitrogens is 1. The molecule has 0 spiro atoms. The Labute approximate surface area is 162 Å². The summed E-state index contributed by atoms with van der Waals surface area (Å²) in [4.78, 5) is 3.16. The molecule has 0 amide bonds. The van der Waals surface area contributed by atoms with E-state index in [1.807, 2.05) is 18.3 Å². The number of halogens is 2. The predicted octanol–water partition coefficient (Wildman–Crippen LogP) is 4.94. The Balaban J connectivity index is 2.12. The van der Waals surface area contributed by atoms with Crippen molar-refractivity contribution in [3.05, 3.63) is 70.1 Å². The molecule has 7 heteroatoms. The second-order valence-electron chi connectivity index (χ2n) is 6.58. The standard InChI is InChI=1S/C20H18ClFN2O2S/c1-27(25,26)12-14-4-2-5-16-17(11-24-20(14)16)15(6-3-9-23)13-7-8-18(21)19(22)10-13/h2,4-5,7-8,10-11,15,24H,3,6,12H2,1H3. The van der Waals surface area contributed by atoms with Crippen LogP contribution in [0.3, 0.4) is 0 Å². The summed E-state index contributed by atoms with van der Waals surface area (Å²) in [5, 5.41) is 9.94. The Hall–Kier alpha value is -2.36. The molecule has 0 bridgehead atoms. The smallest absolute Gasteiger partial charge is 0.151 e. The first-order chi connectivity index (χ1) is 12.8. The third-order valence-electron chi connectivity index (χ3n) is 4.52. The van der Waals surface area contributed by atoms with Crippen LogP contribution in [-0.4, -0.2) is 19.7 Å². The minimum absolute atomic E-state index is 0.0483. The number of sulfone groups is 1. The lowest BCUT2D eigenvalue weighted by Crippen LogP contribution is -2.02. The Morgan fingerprint density at radius 3 is 2.74 bits per heavy atom. The minimum Gasteiger partial charge on any atom is -0.361 e. The topological polar surface area (TPSA) is 73.7 Å². The highest BCUT2D eigenvalue weighted by atomic mass is 35.5. The second kappa shape index (κ2) is 7.71. The molecule has 0 aliphatic heterocycles. The van der Waals surface area contributed by atoms with Crippen LogP contribution in [0.1, 0.15) is 35.4 Å². The molecule has 1 atom stereocenters. The summed E-state index contributed by atoms with van der Waals surface area (Å²) >= 11 is 5.80. The average Bonchev–Trinajstić information content (AvgIpc) is 3.02. The van der Waals surface area contributed by atoms with Crippen molar-refractivity contribution in [1.82, 2.24) is 4.98 Å². The number of fused-ring (bicyclic) bond motifs is 1. The molecular weight excluding hydrogens is 387 g/mol. The fourth-order valence-corrected chi connectivity index (χ4v) is 4.29. The third-order valence-corrected chi connectivity index (χ3v) is 5.66. The van der Waals surface area contributed by atoms with Crippen LogP contribution < -0.4 is 0 Å². The number of nitrogens with zero attached hydrogens (tertiary/aromatic N) is 1. The molecule has 2 aromatic carbocycles. The molecule has 0 aliphatic rings. The molecule has 0 saturated carbocycles. The van der Waals surface area contributed by atoms with Gasteiger partial charge in [0.25, 0.3) is 0 Å². The van der Waals surface area contributed by atoms with Crippen LogP contribution in [-0.2, 0) is 15.6 Å². The van der Waals surface area contributed by atoms with E-state index in [1.54, 1.807) is 12.1 Å². The van der Waals surface area contributed by atoms with Crippen LogP contribution in [0.25, 0.3) is 10.9 Å². The summed E-state index contributed by atoms with van der Waals surface area (Å²) in [6, 6.07) is 12.3. The SMILES string of the molecule is CS(=O)(=O)Cc1cccc2c(C(CCC#N)c3ccc(Cl)c(F)c3)c[nH]c12. The lowest BCUT2D eigenvalue weighted by molar-refractivity contribution is 0.601. The number of benzene rings is 2. The molecule has 140 valence electrons. The number of nitrogens with one attached hydrogen (secondary N) is 1. The lowest BCUT2D eigenvalue weighted by Gasteiger charge is -2.16. The van der Waals surface area contributed by atoms with Crippen molar-refractivity contribution < 1.29 is 12.8 Å². The van der Waals surface area contributed by atoms with Crippen molar-refractivity contribution >= 4 is 32.3 Å². The molecule has 0 aliphatic carbocycles. The van der Waals surface area contributed by atoms with Gasteiger partial charge >= 0.3 is 0 Å². The predicted molar refractivity (Wildman–Crippen MR) is 105 cm³/mol. The highest BCUT2D eigenvalue weighted by Crippen LogP contribution is 2.36. The van der Waals surface area contributed by atoms with Gasteiger partial charge in [-0.1, -0.05) is 35.9 Å². The van der Waals surface area contributed by atoms with E-state index in [9.17, 15) is 12.8 Å². The van der Waals surface area contributed by atoms with Gasteiger partial charge in [-0.2, -0.15) is 5.26 Å². The zero-order chi connectivity index (χ0) is 19.6. The fraction of sp³-hybridized carbons (Fsp3) is 0.250. The number of aromatic nitrogens is 1. The van der Waals surface area contributed by atoms with Crippen molar-refractivity contribution in [3.63, 3.8) is 0 Å². The first-order valence-corrected chi connectivity index (χ1v) is 10.8. The normalized spacial score (nSPS) is 12.8. The summed E-state index contributed by atoms with van der Waals surface area (Å²) in [5.41, 5.74) is 3.05. The van der Waals surface area contributed by atoms with Gasteiger partial charge in [0.05, 0.1) is 16.8 Å². The molecule has 1 aromatic heterocycles. The number of hydrogen-bond acceptors (Lipinski definition) is 3. The van der Waals surface area contributed by atoms with E-state index in [4.69, 9.17) is 16.9 Å². The van der Waals surface area contributed by atoms with E-state index in [0.717, 1.165) is 22.0 Å². The molecule has 0 saturated heterocycles. The van der Waals surface area contributed by atoms with Gasteiger partial charge in [-0.15, -0.1) is 0 Å². The molecule has 3 aromatic rings. The molecule has 0 radical (unpaired) electrons. The van der Waals surface area contributed by atoms with Crippen LogP contribution in [0, 0.1) is 17.1 Å². The van der Waals surface area contributed by atoms with Crippen molar-refractivity contribution in [3.8, 4) is 6.07 Å². The summed E-state index contributed by atoms with van der Waals surface area (Å²) in [6.07, 6.45) is 3.83. The molecule has 27 heavy (non-hydrogen) atoms. The average molecular weight is 405 g/mol. The van der Waals surface area contributed by atoms with Crippen LogP contribution in [0.4, 0.5) is 4.39 Å². The van der Waals surface area contributed by atoms with E-state index >= 15 is 0 Å². The maximum atomic E-state index is 14.0. The summed E-state index contributed by atoms with van der Waals surface area (Å²) < 4.78 is 37.4. The van der Waals surface area contributed by atoms with Crippen molar-refractivity contribution in [1.29, 1.82) is 5.26 Å². The van der Waals surface area contributed by atoms with Gasteiger partial charge in [0.1, 0.15) is 5.82 Å². The maximum absolute atomic E-state index is 14.0.